The zero-order valence-corrected chi connectivity index (χ0v) is 14.7. The zero-order valence-electron chi connectivity index (χ0n) is 13.9. The Balaban J connectivity index is 0.00000192. The van der Waals surface area contributed by atoms with E-state index >= 15 is 0 Å². The van der Waals surface area contributed by atoms with Crippen molar-refractivity contribution >= 4 is 24.0 Å². The molecule has 0 aromatic heterocycles. The Morgan fingerprint density at radius 2 is 1.96 bits per heavy atom. The number of amides is 1. The molecule has 0 heterocycles. The number of aryl methyl sites for hydroxylation is 1. The smallest absolute Gasteiger partial charge is 0.220 e. The van der Waals surface area contributed by atoms with E-state index in [1.165, 1.54) is 43.2 Å². The van der Waals surface area contributed by atoms with Gasteiger partial charge in [0.1, 0.15) is 0 Å². The molecule has 0 saturated heterocycles. The summed E-state index contributed by atoms with van der Waals surface area (Å²) in [7, 11) is 0. The minimum absolute atomic E-state index is 0. The number of nitrogens with two attached hydrogens (primary N) is 1. The first kappa shape index (κ1) is 18.1. The van der Waals surface area contributed by atoms with Crippen molar-refractivity contribution in [1.29, 1.82) is 0 Å². The van der Waals surface area contributed by atoms with Crippen LogP contribution in [0.3, 0.4) is 0 Å². The average molecular weight is 337 g/mol. The van der Waals surface area contributed by atoms with Gasteiger partial charge in [0.25, 0.3) is 0 Å². The SMILES string of the molecule is Cl.Nc1ccc2c(c1)CCCC2NC(=O)CCCC1CCCC1. The van der Waals surface area contributed by atoms with E-state index in [1.807, 2.05) is 6.07 Å². The second-order valence-corrected chi connectivity index (χ2v) is 7.01. The third-order valence-electron chi connectivity index (χ3n) is 5.31. The van der Waals surface area contributed by atoms with Crippen LogP contribution >= 0.6 is 12.4 Å². The predicted molar refractivity (Wildman–Crippen MR) is 97.7 cm³/mol. The second-order valence-electron chi connectivity index (χ2n) is 7.01. The zero-order chi connectivity index (χ0) is 15.4. The van der Waals surface area contributed by atoms with E-state index in [1.54, 1.807) is 0 Å². The fourth-order valence-electron chi connectivity index (χ4n) is 4.10. The molecule has 3 nitrogen and oxygen atoms in total. The van der Waals surface area contributed by atoms with Gasteiger partial charge in [-0.25, -0.2) is 0 Å². The molecule has 23 heavy (non-hydrogen) atoms. The first-order valence-corrected chi connectivity index (χ1v) is 8.90. The quantitative estimate of drug-likeness (QED) is 0.775. The summed E-state index contributed by atoms with van der Waals surface area (Å²) in [4.78, 5) is 12.2. The summed E-state index contributed by atoms with van der Waals surface area (Å²) in [6.45, 7) is 0. The van der Waals surface area contributed by atoms with Gasteiger partial charge in [0.05, 0.1) is 6.04 Å². The highest BCUT2D eigenvalue weighted by molar-refractivity contribution is 5.85. The van der Waals surface area contributed by atoms with Crippen LogP contribution in [-0.4, -0.2) is 5.91 Å². The normalized spacial score (nSPS) is 20.6. The van der Waals surface area contributed by atoms with Gasteiger partial charge in [-0.3, -0.25) is 4.79 Å². The third-order valence-corrected chi connectivity index (χ3v) is 5.31. The summed E-state index contributed by atoms with van der Waals surface area (Å²) in [6.07, 6.45) is 11.7. The fraction of sp³-hybridized carbons (Fsp3) is 0.632. The number of hydrogen-bond donors (Lipinski definition) is 2. The van der Waals surface area contributed by atoms with Crippen LogP contribution in [-0.2, 0) is 11.2 Å². The van der Waals surface area contributed by atoms with Gasteiger partial charge in [0, 0.05) is 12.1 Å². The Labute approximate surface area is 145 Å². The predicted octanol–water partition coefficient (Wildman–Crippen LogP) is 4.54. The Bertz CT molecular complexity index is 526. The highest BCUT2D eigenvalue weighted by Gasteiger charge is 2.22. The van der Waals surface area contributed by atoms with Crippen LogP contribution in [0.25, 0.3) is 0 Å². The number of rotatable bonds is 5. The van der Waals surface area contributed by atoms with Gasteiger partial charge in [-0.1, -0.05) is 31.7 Å². The molecule has 1 fully saturated rings. The molecule has 3 N–H and O–H groups in total. The lowest BCUT2D eigenvalue weighted by atomic mass is 9.87. The number of nitrogens with one attached hydrogen (secondary N) is 1. The number of hydrogen-bond acceptors (Lipinski definition) is 2. The van der Waals surface area contributed by atoms with Crippen LogP contribution in [0.4, 0.5) is 5.69 Å². The van der Waals surface area contributed by atoms with Gasteiger partial charge in [0.15, 0.2) is 0 Å². The van der Waals surface area contributed by atoms with Gasteiger partial charge in [-0.15, -0.1) is 12.4 Å². The summed E-state index contributed by atoms with van der Waals surface area (Å²) in [5.74, 6) is 1.10. The number of nitrogen functional groups attached to an aromatic ring is 1. The number of benzene rings is 1. The highest BCUT2D eigenvalue weighted by atomic mass is 35.5. The molecule has 1 atom stereocenters. The van der Waals surface area contributed by atoms with Crippen LogP contribution < -0.4 is 11.1 Å². The van der Waals surface area contributed by atoms with Crippen molar-refractivity contribution < 1.29 is 4.79 Å². The highest BCUT2D eigenvalue weighted by Crippen LogP contribution is 2.31. The number of carbonyl (C=O) groups excluding carboxylic acids is 1. The number of carbonyl (C=O) groups is 1. The van der Waals surface area contributed by atoms with Crippen LogP contribution in [0.15, 0.2) is 18.2 Å². The van der Waals surface area contributed by atoms with Gasteiger partial charge in [-0.05, 0) is 61.3 Å². The van der Waals surface area contributed by atoms with Crippen molar-refractivity contribution in [1.82, 2.24) is 5.32 Å². The Hall–Kier alpha value is -1.22. The molecule has 1 aromatic rings. The first-order chi connectivity index (χ1) is 10.7. The molecule has 1 aromatic carbocycles. The summed E-state index contributed by atoms with van der Waals surface area (Å²) in [5, 5.41) is 3.24. The standard InChI is InChI=1S/C19H28N2O.ClH/c20-16-11-12-17-15(13-16)8-4-9-18(17)21-19(22)10-3-7-14-5-1-2-6-14;/h11-14,18H,1-10,20H2,(H,21,22);1H. The van der Waals surface area contributed by atoms with Gasteiger partial charge in [-0.2, -0.15) is 0 Å². The van der Waals surface area contributed by atoms with E-state index in [-0.39, 0.29) is 24.4 Å². The fourth-order valence-corrected chi connectivity index (χ4v) is 4.10. The van der Waals surface area contributed by atoms with E-state index in [0.717, 1.165) is 37.3 Å². The molecule has 2 aliphatic rings. The third kappa shape index (κ3) is 4.87. The average Bonchev–Trinajstić information content (AvgIpc) is 3.00. The van der Waals surface area contributed by atoms with Crippen molar-refractivity contribution in [2.45, 2.75) is 70.3 Å². The molecule has 0 radical (unpaired) electrons. The summed E-state index contributed by atoms with van der Waals surface area (Å²) in [5.41, 5.74) is 9.26. The molecule has 1 unspecified atom stereocenters. The van der Waals surface area contributed by atoms with E-state index in [9.17, 15) is 4.79 Å². The lowest BCUT2D eigenvalue weighted by molar-refractivity contribution is -0.122. The van der Waals surface area contributed by atoms with Crippen molar-refractivity contribution in [2.75, 3.05) is 5.73 Å². The van der Waals surface area contributed by atoms with E-state index < -0.39 is 0 Å². The molecule has 1 saturated carbocycles. The maximum absolute atomic E-state index is 12.2. The molecular formula is C19H29ClN2O. The second kappa shape index (κ2) is 8.58. The minimum atomic E-state index is 0. The van der Waals surface area contributed by atoms with Crippen molar-refractivity contribution in [3.63, 3.8) is 0 Å². The van der Waals surface area contributed by atoms with Crippen LogP contribution in [0.5, 0.6) is 0 Å². The maximum atomic E-state index is 12.2. The van der Waals surface area contributed by atoms with E-state index in [0.29, 0.717) is 6.42 Å². The minimum Gasteiger partial charge on any atom is -0.399 e. The van der Waals surface area contributed by atoms with Crippen LogP contribution in [0.1, 0.15) is 75.0 Å². The van der Waals surface area contributed by atoms with Crippen molar-refractivity contribution in [2.24, 2.45) is 5.92 Å². The molecular weight excluding hydrogens is 308 g/mol. The van der Waals surface area contributed by atoms with Gasteiger partial charge < -0.3 is 11.1 Å². The molecule has 0 spiro atoms. The Morgan fingerprint density at radius 1 is 1.17 bits per heavy atom. The van der Waals surface area contributed by atoms with Crippen LogP contribution in [0, 0.1) is 5.92 Å². The number of halogens is 1. The van der Waals surface area contributed by atoms with E-state index in [4.69, 9.17) is 5.73 Å². The molecule has 2 aliphatic carbocycles. The van der Waals surface area contributed by atoms with Gasteiger partial charge >= 0.3 is 0 Å². The molecule has 1 amide bonds. The molecule has 4 heteroatoms. The monoisotopic (exact) mass is 336 g/mol. The Kier molecular flexibility index (Phi) is 6.76. The topological polar surface area (TPSA) is 55.1 Å². The Morgan fingerprint density at radius 3 is 2.74 bits per heavy atom. The molecule has 128 valence electrons. The van der Waals surface area contributed by atoms with Crippen LogP contribution in [0.2, 0.25) is 0 Å². The van der Waals surface area contributed by atoms with Crippen molar-refractivity contribution in [3.05, 3.63) is 29.3 Å². The van der Waals surface area contributed by atoms with E-state index in [2.05, 4.69) is 17.4 Å². The molecule has 3 rings (SSSR count). The molecule has 0 aliphatic heterocycles. The number of fused-ring (bicyclic) bond motifs is 1. The summed E-state index contributed by atoms with van der Waals surface area (Å²) in [6, 6.07) is 6.29. The molecule has 0 bridgehead atoms. The lowest BCUT2D eigenvalue weighted by Gasteiger charge is -2.26. The van der Waals surface area contributed by atoms with Crippen molar-refractivity contribution in [3.8, 4) is 0 Å². The maximum Gasteiger partial charge on any atom is 0.220 e. The largest absolute Gasteiger partial charge is 0.399 e. The first-order valence-electron chi connectivity index (χ1n) is 8.90. The lowest BCUT2D eigenvalue weighted by Crippen LogP contribution is -2.30. The summed E-state index contributed by atoms with van der Waals surface area (Å²) < 4.78 is 0. The number of anilines is 1. The van der Waals surface area contributed by atoms with Gasteiger partial charge in [0.2, 0.25) is 5.91 Å². The summed E-state index contributed by atoms with van der Waals surface area (Å²) >= 11 is 0.